The Hall–Kier alpha value is -1.26. The maximum absolute atomic E-state index is 9.84. The van der Waals surface area contributed by atoms with Gasteiger partial charge >= 0.3 is 0 Å². The fourth-order valence-corrected chi connectivity index (χ4v) is 2.46. The first kappa shape index (κ1) is 12.2. The van der Waals surface area contributed by atoms with Crippen molar-refractivity contribution in [1.82, 2.24) is 10.2 Å². The van der Waals surface area contributed by atoms with Gasteiger partial charge < -0.3 is 15.5 Å². The van der Waals surface area contributed by atoms with Crippen LogP contribution in [-0.2, 0) is 0 Å². The number of likely N-dealkylation sites (N-methyl/N-ethyl adjacent to an activating group) is 1. The van der Waals surface area contributed by atoms with E-state index in [1.54, 1.807) is 12.1 Å². The second kappa shape index (κ2) is 4.94. The van der Waals surface area contributed by atoms with Crippen molar-refractivity contribution >= 4 is 0 Å². The second-order valence-corrected chi connectivity index (χ2v) is 4.69. The predicted molar refractivity (Wildman–Crippen MR) is 67.2 cm³/mol. The number of hydrogen-bond acceptors (Lipinski definition) is 4. The van der Waals surface area contributed by atoms with Crippen LogP contribution in [0.3, 0.4) is 0 Å². The molecular weight excluding hydrogens is 216 g/mol. The molecule has 0 aliphatic carbocycles. The lowest BCUT2D eigenvalue weighted by Gasteiger charge is -2.25. The Labute approximate surface area is 102 Å². The van der Waals surface area contributed by atoms with Gasteiger partial charge in [-0.2, -0.15) is 0 Å². The molecule has 1 saturated heterocycles. The Morgan fingerprint density at radius 2 is 2.18 bits per heavy atom. The van der Waals surface area contributed by atoms with E-state index in [2.05, 4.69) is 17.1 Å². The molecule has 0 spiro atoms. The highest BCUT2D eigenvalue weighted by Crippen LogP contribution is 2.32. The molecule has 94 valence electrons. The van der Waals surface area contributed by atoms with E-state index in [9.17, 15) is 10.2 Å². The summed E-state index contributed by atoms with van der Waals surface area (Å²) in [7, 11) is 1.98. The number of likely N-dealkylation sites (tertiary alicyclic amines) is 1. The number of phenols is 2. The van der Waals surface area contributed by atoms with E-state index in [1.807, 2.05) is 7.05 Å². The van der Waals surface area contributed by atoms with Gasteiger partial charge in [0.2, 0.25) is 0 Å². The van der Waals surface area contributed by atoms with E-state index >= 15 is 0 Å². The van der Waals surface area contributed by atoms with Crippen molar-refractivity contribution in [3.8, 4) is 11.5 Å². The first-order valence-corrected chi connectivity index (χ1v) is 6.05. The van der Waals surface area contributed by atoms with Crippen molar-refractivity contribution in [2.24, 2.45) is 0 Å². The molecule has 2 atom stereocenters. The van der Waals surface area contributed by atoms with E-state index in [4.69, 9.17) is 0 Å². The molecule has 4 nitrogen and oxygen atoms in total. The smallest absolute Gasteiger partial charge is 0.124 e. The fourth-order valence-electron chi connectivity index (χ4n) is 2.46. The Kier molecular flexibility index (Phi) is 3.54. The lowest BCUT2D eigenvalue weighted by Crippen LogP contribution is -2.31. The van der Waals surface area contributed by atoms with E-state index in [0.717, 1.165) is 25.1 Å². The van der Waals surface area contributed by atoms with Crippen LogP contribution >= 0.6 is 0 Å². The average molecular weight is 236 g/mol. The number of benzene rings is 1. The van der Waals surface area contributed by atoms with Gasteiger partial charge in [-0.3, -0.25) is 4.90 Å². The van der Waals surface area contributed by atoms with Crippen LogP contribution in [0.4, 0.5) is 0 Å². The number of nitrogens with zero attached hydrogens (tertiary/aromatic N) is 1. The van der Waals surface area contributed by atoms with Gasteiger partial charge in [-0.15, -0.1) is 0 Å². The maximum Gasteiger partial charge on any atom is 0.124 e. The monoisotopic (exact) mass is 236 g/mol. The summed E-state index contributed by atoms with van der Waals surface area (Å²) in [5.41, 5.74) is 0.875. The summed E-state index contributed by atoms with van der Waals surface area (Å²) in [5.74, 6) is 0.276. The van der Waals surface area contributed by atoms with Crippen LogP contribution in [0.2, 0.25) is 0 Å². The molecule has 1 aromatic carbocycles. The number of nitrogens with one attached hydrogen (secondary N) is 1. The molecule has 0 aromatic heterocycles. The Morgan fingerprint density at radius 1 is 1.41 bits per heavy atom. The summed E-state index contributed by atoms with van der Waals surface area (Å²) in [6.07, 6.45) is 1.14. The van der Waals surface area contributed by atoms with Crippen LogP contribution in [0.25, 0.3) is 0 Å². The average Bonchev–Trinajstić information content (AvgIpc) is 2.76. The van der Waals surface area contributed by atoms with Gasteiger partial charge in [0.15, 0.2) is 0 Å². The lowest BCUT2D eigenvalue weighted by atomic mass is 10.1. The van der Waals surface area contributed by atoms with E-state index in [-0.39, 0.29) is 17.5 Å². The summed E-state index contributed by atoms with van der Waals surface area (Å²) in [6.45, 7) is 4.12. The van der Waals surface area contributed by atoms with Gasteiger partial charge in [0, 0.05) is 36.8 Å². The molecule has 0 bridgehead atoms. The van der Waals surface area contributed by atoms with Gasteiger partial charge in [-0.25, -0.2) is 0 Å². The summed E-state index contributed by atoms with van der Waals surface area (Å²) >= 11 is 0. The molecule has 4 heteroatoms. The van der Waals surface area contributed by atoms with Gasteiger partial charge in [0.25, 0.3) is 0 Å². The second-order valence-electron chi connectivity index (χ2n) is 4.69. The zero-order valence-corrected chi connectivity index (χ0v) is 10.3. The number of phenolic OH excluding ortho intramolecular Hbond substituents is 2. The zero-order chi connectivity index (χ0) is 12.4. The van der Waals surface area contributed by atoms with Crippen LogP contribution in [-0.4, -0.2) is 41.3 Å². The van der Waals surface area contributed by atoms with E-state index in [1.165, 1.54) is 6.07 Å². The third-order valence-electron chi connectivity index (χ3n) is 3.64. The molecule has 0 saturated carbocycles. The number of rotatable bonds is 3. The molecule has 1 heterocycles. The SMILES string of the molecule is CNC1CCN(C(C)c2ccc(O)cc2O)C1. The predicted octanol–water partition coefficient (Wildman–Crippen LogP) is 1.45. The minimum absolute atomic E-state index is 0.105. The fraction of sp³-hybridized carbons (Fsp3) is 0.538. The molecule has 0 amide bonds. The normalized spacial score (nSPS) is 22.8. The first-order chi connectivity index (χ1) is 8.11. The summed E-state index contributed by atoms with van der Waals surface area (Å²) < 4.78 is 0. The third kappa shape index (κ3) is 2.53. The Morgan fingerprint density at radius 3 is 2.76 bits per heavy atom. The summed E-state index contributed by atoms with van der Waals surface area (Å²) in [4.78, 5) is 2.34. The first-order valence-electron chi connectivity index (χ1n) is 6.05. The van der Waals surface area contributed by atoms with Crippen LogP contribution in [0.5, 0.6) is 11.5 Å². The molecule has 1 aliphatic rings. The Bertz CT molecular complexity index is 395. The molecular formula is C13H20N2O2. The van der Waals surface area contributed by atoms with Crippen LogP contribution in [0.1, 0.15) is 24.9 Å². The molecule has 2 unspecified atom stereocenters. The van der Waals surface area contributed by atoms with Crippen LogP contribution < -0.4 is 5.32 Å². The highest BCUT2D eigenvalue weighted by molar-refractivity contribution is 5.40. The van der Waals surface area contributed by atoms with Crippen molar-refractivity contribution in [2.75, 3.05) is 20.1 Å². The third-order valence-corrected chi connectivity index (χ3v) is 3.64. The number of aromatic hydroxyl groups is 2. The van der Waals surface area contributed by atoms with Crippen LogP contribution in [0.15, 0.2) is 18.2 Å². The van der Waals surface area contributed by atoms with Crippen molar-refractivity contribution in [1.29, 1.82) is 0 Å². The van der Waals surface area contributed by atoms with Gasteiger partial charge in [-0.1, -0.05) is 6.07 Å². The number of hydrogen-bond donors (Lipinski definition) is 3. The van der Waals surface area contributed by atoms with Crippen molar-refractivity contribution in [3.05, 3.63) is 23.8 Å². The molecule has 3 N–H and O–H groups in total. The van der Waals surface area contributed by atoms with Gasteiger partial charge in [-0.05, 0) is 26.5 Å². The maximum atomic E-state index is 9.84. The molecule has 1 aliphatic heterocycles. The molecule has 2 rings (SSSR count). The van der Waals surface area contributed by atoms with Gasteiger partial charge in [0.1, 0.15) is 11.5 Å². The van der Waals surface area contributed by atoms with Crippen molar-refractivity contribution < 1.29 is 10.2 Å². The standard InChI is InChI=1S/C13H20N2O2/c1-9(15-6-5-10(8-15)14-2)12-4-3-11(16)7-13(12)17/h3-4,7,9-10,14,16-17H,5-6,8H2,1-2H3. The minimum Gasteiger partial charge on any atom is -0.508 e. The van der Waals surface area contributed by atoms with Gasteiger partial charge in [0.05, 0.1) is 0 Å². The summed E-state index contributed by atoms with van der Waals surface area (Å²) in [6, 6.07) is 5.53. The van der Waals surface area contributed by atoms with Crippen LogP contribution in [0, 0.1) is 0 Å². The van der Waals surface area contributed by atoms with Crippen molar-refractivity contribution in [3.63, 3.8) is 0 Å². The Balaban J connectivity index is 2.12. The highest BCUT2D eigenvalue weighted by atomic mass is 16.3. The minimum atomic E-state index is 0.105. The largest absolute Gasteiger partial charge is 0.508 e. The molecule has 1 aromatic rings. The quantitative estimate of drug-likeness (QED) is 0.743. The highest BCUT2D eigenvalue weighted by Gasteiger charge is 2.26. The summed E-state index contributed by atoms with van der Waals surface area (Å²) in [5, 5.41) is 22.4. The molecule has 0 radical (unpaired) electrons. The van der Waals surface area contributed by atoms with Crippen molar-refractivity contribution in [2.45, 2.75) is 25.4 Å². The topological polar surface area (TPSA) is 55.7 Å². The molecule has 17 heavy (non-hydrogen) atoms. The molecule has 1 fully saturated rings. The van der Waals surface area contributed by atoms with E-state index in [0.29, 0.717) is 6.04 Å². The lowest BCUT2D eigenvalue weighted by molar-refractivity contribution is 0.251. The van der Waals surface area contributed by atoms with E-state index < -0.39 is 0 Å². The zero-order valence-electron chi connectivity index (χ0n) is 10.3.